The predicted octanol–water partition coefficient (Wildman–Crippen LogP) is 14.2. The summed E-state index contributed by atoms with van der Waals surface area (Å²) in [7, 11) is -7.38. The molecule has 8 aromatic carbocycles. The Kier molecular flexibility index (Phi) is 13.9. The summed E-state index contributed by atoms with van der Waals surface area (Å²) in [5, 5.41) is 30.7. The van der Waals surface area contributed by atoms with Crippen LogP contribution in [0.5, 0.6) is 11.5 Å². The van der Waals surface area contributed by atoms with Gasteiger partial charge in [0.05, 0.1) is 0 Å². The van der Waals surface area contributed by atoms with Crippen molar-refractivity contribution in [3.05, 3.63) is 237 Å². The zero-order chi connectivity index (χ0) is 53.2. The van der Waals surface area contributed by atoms with Crippen LogP contribution in [0.1, 0.15) is 150 Å². The Balaban J connectivity index is 1.48. The van der Waals surface area contributed by atoms with Crippen molar-refractivity contribution in [3.8, 4) is 11.5 Å². The Bertz CT molecular complexity index is 3060. The first kappa shape index (κ1) is 52.7. The third-order valence-electron chi connectivity index (χ3n) is 15.2. The highest BCUT2D eigenvalue weighted by Gasteiger charge is 2.39. The van der Waals surface area contributed by atoms with E-state index in [9.17, 15) is 10.2 Å². The standard InChI is InChI=1S/C68H74O4P2/c1-65(2,3)53-37-45-33-49-41-55(67(7,8)9)43-51(63(49)73(71,57-25-17-13-18-26-57)58-27-19-14-20-28-58)35-47-39-54(66(4,5)6)40-48(62(47)70)36-52-44-56(68(10,11)12)42-50(34-46(38-53)61(45)69)64(52)74(72,59-29-21-15-22-30-59)60-31-23-16-24-32-60/h13-32,37-44,69-70H,33-36H2,1-12H3. The zero-order valence-corrected chi connectivity index (χ0v) is 47.4. The first-order valence-corrected chi connectivity index (χ1v) is 29.7. The van der Waals surface area contributed by atoms with E-state index in [2.05, 4.69) is 132 Å². The van der Waals surface area contributed by atoms with Gasteiger partial charge < -0.3 is 19.3 Å². The molecule has 9 rings (SSSR count). The SMILES string of the molecule is CC(C)(C)c1cc2c(O)c(c1)Cc1cc(C(C)(C)C)cc(c1P(=O)(c1ccccc1)c1ccccc1)Cc1cc(C(C)(C)C)cc(c1O)Cc1cc(C(C)(C)C)cc(c1P(=O)(c1ccccc1)c1ccccc1)C2. The Hall–Kier alpha value is -6.18. The van der Waals surface area contributed by atoms with E-state index in [0.717, 1.165) is 98.6 Å². The summed E-state index contributed by atoms with van der Waals surface area (Å²) < 4.78 is 34.3. The van der Waals surface area contributed by atoms with Gasteiger partial charge in [0.1, 0.15) is 11.5 Å². The number of fused-ring (bicyclic) bond motifs is 8. The van der Waals surface area contributed by atoms with Crippen LogP contribution in [-0.4, -0.2) is 10.2 Å². The molecule has 0 heterocycles. The van der Waals surface area contributed by atoms with Crippen molar-refractivity contribution in [2.45, 2.75) is 130 Å². The third kappa shape index (κ3) is 10.1. The first-order valence-electron chi connectivity index (χ1n) is 26.2. The van der Waals surface area contributed by atoms with Crippen molar-refractivity contribution in [2.24, 2.45) is 0 Å². The zero-order valence-electron chi connectivity index (χ0n) is 45.6. The van der Waals surface area contributed by atoms with E-state index in [1.54, 1.807) is 0 Å². The highest BCUT2D eigenvalue weighted by molar-refractivity contribution is 7.86. The molecule has 0 saturated carbocycles. The maximum Gasteiger partial charge on any atom is 0.171 e. The van der Waals surface area contributed by atoms with Crippen molar-refractivity contribution in [2.75, 3.05) is 0 Å². The molecule has 0 spiro atoms. The fraction of sp³-hybridized carbons (Fsp3) is 0.294. The predicted molar refractivity (Wildman–Crippen MR) is 314 cm³/mol. The molecule has 74 heavy (non-hydrogen) atoms. The Morgan fingerprint density at radius 2 is 0.473 bits per heavy atom. The van der Waals surface area contributed by atoms with Gasteiger partial charge in [0.15, 0.2) is 14.3 Å². The highest BCUT2D eigenvalue weighted by Crippen LogP contribution is 2.50. The summed E-state index contributed by atoms with van der Waals surface area (Å²) in [4.78, 5) is 0. The second-order valence-electron chi connectivity index (χ2n) is 24.8. The molecular formula is C68H74O4P2. The molecule has 0 unspecified atom stereocenters. The van der Waals surface area contributed by atoms with Gasteiger partial charge in [-0.05, 0) is 88.4 Å². The quantitative estimate of drug-likeness (QED) is 0.163. The fourth-order valence-electron chi connectivity index (χ4n) is 10.8. The summed E-state index contributed by atoms with van der Waals surface area (Å²) >= 11 is 0. The average molecular weight is 1020 g/mol. The summed E-state index contributed by atoms with van der Waals surface area (Å²) in [5.74, 6) is 0.349. The molecule has 0 fully saturated rings. The van der Waals surface area contributed by atoms with Gasteiger partial charge in [-0.2, -0.15) is 0 Å². The molecule has 0 atom stereocenters. The van der Waals surface area contributed by atoms with Crippen molar-refractivity contribution in [1.29, 1.82) is 0 Å². The van der Waals surface area contributed by atoms with E-state index in [1.807, 2.05) is 121 Å². The van der Waals surface area contributed by atoms with E-state index in [0.29, 0.717) is 0 Å². The molecule has 1 aliphatic rings. The second-order valence-corrected chi connectivity index (χ2v) is 30.2. The van der Waals surface area contributed by atoms with Crippen molar-refractivity contribution >= 4 is 46.1 Å². The van der Waals surface area contributed by atoms with Crippen LogP contribution < -0.4 is 31.8 Å². The smallest absolute Gasteiger partial charge is 0.171 e. The maximum atomic E-state index is 17.2. The molecule has 2 N–H and O–H groups in total. The van der Waals surface area contributed by atoms with Gasteiger partial charge in [0, 0.05) is 57.5 Å². The largest absolute Gasteiger partial charge is 0.507 e. The van der Waals surface area contributed by atoms with Gasteiger partial charge in [0.25, 0.3) is 0 Å². The molecule has 8 bridgehead atoms. The van der Waals surface area contributed by atoms with Crippen LogP contribution in [0, 0.1) is 0 Å². The lowest BCUT2D eigenvalue weighted by Crippen LogP contribution is -2.32. The number of phenols is 2. The minimum atomic E-state index is -3.69. The third-order valence-corrected chi connectivity index (χ3v) is 21.7. The molecular weight excluding hydrogens is 943 g/mol. The van der Waals surface area contributed by atoms with Crippen LogP contribution in [0.25, 0.3) is 0 Å². The van der Waals surface area contributed by atoms with Crippen LogP contribution in [0.3, 0.4) is 0 Å². The molecule has 0 amide bonds. The average Bonchev–Trinajstić information content (AvgIpc) is 3.35. The van der Waals surface area contributed by atoms with Crippen LogP contribution in [0.15, 0.2) is 170 Å². The van der Waals surface area contributed by atoms with E-state index < -0.39 is 14.3 Å². The number of aromatic hydroxyl groups is 2. The summed E-state index contributed by atoms with van der Waals surface area (Å²) in [6.45, 7) is 26.5. The van der Waals surface area contributed by atoms with E-state index in [-0.39, 0.29) is 58.8 Å². The molecule has 1 aliphatic carbocycles. The number of phenolic OH excluding ortho intramolecular Hbond substituents is 2. The van der Waals surface area contributed by atoms with Gasteiger partial charge in [-0.25, -0.2) is 0 Å². The summed E-state index contributed by atoms with van der Waals surface area (Å²) in [6.07, 6.45) is 1.13. The Morgan fingerprint density at radius 3 is 0.649 bits per heavy atom. The molecule has 0 saturated heterocycles. The van der Waals surface area contributed by atoms with Gasteiger partial charge in [-0.3, -0.25) is 0 Å². The summed E-state index contributed by atoms with van der Waals surface area (Å²) in [5.41, 5.74) is 9.37. The minimum Gasteiger partial charge on any atom is -0.507 e. The van der Waals surface area contributed by atoms with Crippen molar-refractivity contribution < 1.29 is 19.3 Å². The lowest BCUT2D eigenvalue weighted by molar-refractivity contribution is 0.462. The molecule has 6 heteroatoms. The van der Waals surface area contributed by atoms with Crippen molar-refractivity contribution in [1.82, 2.24) is 0 Å². The molecule has 0 aromatic heterocycles. The van der Waals surface area contributed by atoms with Gasteiger partial charge in [0.2, 0.25) is 0 Å². The minimum absolute atomic E-state index is 0.175. The van der Waals surface area contributed by atoms with Crippen LogP contribution in [0.4, 0.5) is 0 Å². The molecule has 8 aromatic rings. The van der Waals surface area contributed by atoms with Crippen LogP contribution >= 0.6 is 14.3 Å². The topological polar surface area (TPSA) is 74.6 Å². The molecule has 4 nitrogen and oxygen atoms in total. The second kappa shape index (κ2) is 19.5. The lowest BCUT2D eigenvalue weighted by Gasteiger charge is -2.31. The van der Waals surface area contributed by atoms with Gasteiger partial charge in [-0.1, -0.05) is 253 Å². The van der Waals surface area contributed by atoms with Crippen LogP contribution in [-0.2, 0) is 56.5 Å². The Morgan fingerprint density at radius 1 is 0.297 bits per heavy atom. The number of hydrogen-bond donors (Lipinski definition) is 2. The first-order chi connectivity index (χ1) is 34.8. The molecule has 0 radical (unpaired) electrons. The number of hydrogen-bond acceptors (Lipinski definition) is 4. The van der Waals surface area contributed by atoms with Gasteiger partial charge in [-0.15, -0.1) is 0 Å². The molecule has 0 aliphatic heterocycles. The normalized spacial score (nSPS) is 13.7. The van der Waals surface area contributed by atoms with E-state index >= 15 is 9.13 Å². The van der Waals surface area contributed by atoms with Crippen molar-refractivity contribution in [3.63, 3.8) is 0 Å². The van der Waals surface area contributed by atoms with Gasteiger partial charge >= 0.3 is 0 Å². The summed E-state index contributed by atoms with van der Waals surface area (Å²) in [6, 6.07) is 56.9. The van der Waals surface area contributed by atoms with Crippen LogP contribution in [0.2, 0.25) is 0 Å². The van der Waals surface area contributed by atoms with E-state index in [1.165, 1.54) is 0 Å². The maximum absolute atomic E-state index is 17.2. The van der Waals surface area contributed by atoms with E-state index in [4.69, 9.17) is 0 Å². The number of benzene rings is 8. The monoisotopic (exact) mass is 1020 g/mol. The highest BCUT2D eigenvalue weighted by atomic mass is 31.2. The Labute approximate surface area is 441 Å². The molecule has 380 valence electrons. The lowest BCUT2D eigenvalue weighted by atomic mass is 9.79. The fourth-order valence-corrected chi connectivity index (χ4v) is 17.0. The number of rotatable bonds is 6.